The van der Waals surface area contributed by atoms with E-state index in [-0.39, 0.29) is 5.41 Å². The van der Waals surface area contributed by atoms with E-state index in [2.05, 4.69) is 220 Å². The Kier molecular flexibility index (Phi) is 7.10. The molecule has 0 fully saturated rings. The maximum Gasteiger partial charge on any atom is 0.0714 e. The Morgan fingerprint density at radius 3 is 1.66 bits per heavy atom. The minimum absolute atomic E-state index is 0.143. The molecule has 0 N–H and O–H groups in total. The summed E-state index contributed by atoms with van der Waals surface area (Å²) in [6, 6.07) is 72.4. The van der Waals surface area contributed by atoms with Crippen molar-refractivity contribution >= 4 is 38.6 Å². The molecule has 11 rings (SSSR count). The highest BCUT2D eigenvalue weighted by molar-refractivity contribution is 6.04. The number of hydrogen-bond donors (Lipinski definition) is 0. The van der Waals surface area contributed by atoms with Gasteiger partial charge in [0.2, 0.25) is 0 Å². The van der Waals surface area contributed by atoms with Crippen LogP contribution in [0.2, 0.25) is 0 Å². The molecule has 2 aliphatic carbocycles. The molecule has 0 bridgehead atoms. The summed E-state index contributed by atoms with van der Waals surface area (Å²) in [5.74, 6) is 0. The molecule has 9 aromatic rings. The van der Waals surface area contributed by atoms with E-state index in [0.717, 1.165) is 11.4 Å². The number of nitrogens with zero attached hydrogens (tertiary/aromatic N) is 1. The summed E-state index contributed by atoms with van der Waals surface area (Å²) in [4.78, 5) is 2.47. The van der Waals surface area contributed by atoms with E-state index in [4.69, 9.17) is 0 Å². The van der Waals surface area contributed by atoms with E-state index >= 15 is 0 Å². The van der Waals surface area contributed by atoms with Crippen molar-refractivity contribution < 1.29 is 0 Å². The van der Waals surface area contributed by atoms with Gasteiger partial charge in [-0.1, -0.05) is 178 Å². The highest BCUT2D eigenvalue weighted by Crippen LogP contribution is 2.58. The summed E-state index contributed by atoms with van der Waals surface area (Å²) < 4.78 is 0. The van der Waals surface area contributed by atoms with Crippen LogP contribution in [0.5, 0.6) is 0 Å². The summed E-state index contributed by atoms with van der Waals surface area (Å²) in [5, 5.41) is 5.22. The molecular formula is C55H41N. The fourth-order valence-electron chi connectivity index (χ4n) is 10.5. The summed E-state index contributed by atoms with van der Waals surface area (Å²) in [6.07, 6.45) is 0. The predicted molar refractivity (Wildman–Crippen MR) is 236 cm³/mol. The quantitative estimate of drug-likeness (QED) is 0.171. The summed E-state index contributed by atoms with van der Waals surface area (Å²) in [7, 11) is 0. The van der Waals surface area contributed by atoms with Crippen LogP contribution in [-0.2, 0) is 10.8 Å². The van der Waals surface area contributed by atoms with E-state index in [9.17, 15) is 0 Å². The summed E-state index contributed by atoms with van der Waals surface area (Å²) >= 11 is 0. The highest BCUT2D eigenvalue weighted by atomic mass is 15.1. The van der Waals surface area contributed by atoms with Gasteiger partial charge >= 0.3 is 0 Å². The lowest BCUT2D eigenvalue weighted by Crippen LogP contribution is -2.28. The van der Waals surface area contributed by atoms with Gasteiger partial charge in [-0.05, 0) is 120 Å². The second kappa shape index (κ2) is 12.2. The lowest BCUT2D eigenvalue weighted by Gasteiger charge is -2.35. The minimum atomic E-state index is -0.476. The van der Waals surface area contributed by atoms with Gasteiger partial charge in [0, 0.05) is 22.5 Å². The summed E-state index contributed by atoms with van der Waals surface area (Å²) in [5.41, 5.74) is 17.4. The molecule has 56 heavy (non-hydrogen) atoms. The molecule has 0 saturated carbocycles. The van der Waals surface area contributed by atoms with Crippen LogP contribution in [0.15, 0.2) is 194 Å². The molecule has 266 valence electrons. The summed E-state index contributed by atoms with van der Waals surface area (Å²) in [6.45, 7) is 7.04. The normalized spacial score (nSPS) is 14.3. The van der Waals surface area contributed by atoms with Gasteiger partial charge in [0.05, 0.1) is 5.41 Å². The standard InChI is InChI=1S/C55H41N/c1-36-16-10-15-25-51(36)56(41-28-32-44-38(34-41)27-31-48-47-30-26-37-17-11-12-22-43(37)52(47)54(2,3)53(44)48)42-29-33-46-45-23-13-14-24-49(45)55(50(46)35-42,39-18-6-4-7-19-39)40-20-8-5-9-21-40/h4-35H,1-3H3. The van der Waals surface area contributed by atoms with Gasteiger partial charge in [-0.25, -0.2) is 0 Å². The Hall–Kier alpha value is -6.70. The molecule has 2 aliphatic rings. The van der Waals surface area contributed by atoms with Crippen LogP contribution in [-0.4, -0.2) is 0 Å². The zero-order valence-corrected chi connectivity index (χ0v) is 31.9. The van der Waals surface area contributed by atoms with Gasteiger partial charge in [0.25, 0.3) is 0 Å². The molecule has 0 saturated heterocycles. The molecule has 0 aliphatic heterocycles. The molecule has 0 unspecified atom stereocenters. The third-order valence-corrected chi connectivity index (χ3v) is 12.8. The smallest absolute Gasteiger partial charge is 0.0714 e. The van der Waals surface area contributed by atoms with Crippen LogP contribution in [0.4, 0.5) is 17.1 Å². The lowest BCUT2D eigenvalue weighted by atomic mass is 9.67. The maximum absolute atomic E-state index is 2.47. The van der Waals surface area contributed by atoms with E-state index < -0.39 is 5.41 Å². The van der Waals surface area contributed by atoms with Crippen molar-refractivity contribution in [2.45, 2.75) is 31.6 Å². The predicted octanol–water partition coefficient (Wildman–Crippen LogP) is 14.4. The van der Waals surface area contributed by atoms with Crippen molar-refractivity contribution in [3.63, 3.8) is 0 Å². The molecule has 0 aromatic heterocycles. The van der Waals surface area contributed by atoms with Crippen molar-refractivity contribution in [1.29, 1.82) is 0 Å². The molecule has 0 atom stereocenters. The van der Waals surface area contributed by atoms with E-state index in [1.807, 2.05) is 0 Å². The van der Waals surface area contributed by atoms with Gasteiger partial charge in [-0.3, -0.25) is 0 Å². The van der Waals surface area contributed by atoms with E-state index in [1.54, 1.807) is 0 Å². The first-order chi connectivity index (χ1) is 27.5. The number of aryl methyl sites for hydroxylation is 1. The Bertz CT molecular complexity index is 2970. The first-order valence-electron chi connectivity index (χ1n) is 19.8. The SMILES string of the molecule is Cc1ccccc1N(c1ccc2c(c1)C(c1ccccc1)(c1ccccc1)c1ccccc1-2)c1ccc2c3c(ccc2c1)-c1ccc2ccccc2c1C3(C)C. The van der Waals surface area contributed by atoms with Crippen molar-refractivity contribution in [3.05, 3.63) is 233 Å². The van der Waals surface area contributed by atoms with Gasteiger partial charge < -0.3 is 4.90 Å². The number of rotatable bonds is 5. The fraction of sp³-hybridized carbons (Fsp3) is 0.0909. The van der Waals surface area contributed by atoms with Crippen molar-refractivity contribution in [1.82, 2.24) is 0 Å². The molecule has 1 nitrogen and oxygen atoms in total. The zero-order chi connectivity index (χ0) is 37.6. The Labute approximate surface area is 329 Å². The molecule has 0 spiro atoms. The third kappa shape index (κ3) is 4.49. The van der Waals surface area contributed by atoms with Crippen LogP contribution < -0.4 is 4.90 Å². The van der Waals surface area contributed by atoms with Crippen molar-refractivity contribution in [2.24, 2.45) is 0 Å². The number of para-hydroxylation sites is 1. The van der Waals surface area contributed by atoms with Crippen LogP contribution in [0.25, 0.3) is 43.8 Å². The molecule has 0 amide bonds. The van der Waals surface area contributed by atoms with Gasteiger partial charge in [-0.2, -0.15) is 0 Å². The van der Waals surface area contributed by atoms with Gasteiger partial charge in [0.1, 0.15) is 0 Å². The second-order valence-corrected chi connectivity index (χ2v) is 16.1. The van der Waals surface area contributed by atoms with Crippen molar-refractivity contribution in [3.8, 4) is 22.3 Å². The van der Waals surface area contributed by atoms with Crippen LogP contribution >= 0.6 is 0 Å². The van der Waals surface area contributed by atoms with Gasteiger partial charge in [0.15, 0.2) is 0 Å². The lowest BCUT2D eigenvalue weighted by molar-refractivity contribution is 0.672. The van der Waals surface area contributed by atoms with Crippen LogP contribution in [0.1, 0.15) is 52.8 Å². The number of anilines is 3. The second-order valence-electron chi connectivity index (χ2n) is 16.1. The number of hydrogen-bond acceptors (Lipinski definition) is 1. The minimum Gasteiger partial charge on any atom is -0.310 e. The largest absolute Gasteiger partial charge is 0.310 e. The van der Waals surface area contributed by atoms with Crippen LogP contribution in [0.3, 0.4) is 0 Å². The Morgan fingerprint density at radius 2 is 0.929 bits per heavy atom. The Morgan fingerprint density at radius 1 is 0.393 bits per heavy atom. The van der Waals surface area contributed by atoms with Crippen molar-refractivity contribution in [2.75, 3.05) is 4.90 Å². The average molecular weight is 716 g/mol. The first kappa shape index (κ1) is 32.7. The third-order valence-electron chi connectivity index (χ3n) is 12.8. The number of benzene rings is 9. The Balaban J connectivity index is 1.13. The first-order valence-corrected chi connectivity index (χ1v) is 19.8. The fourth-order valence-corrected chi connectivity index (χ4v) is 10.5. The maximum atomic E-state index is 2.47. The molecule has 0 heterocycles. The molecule has 9 aromatic carbocycles. The average Bonchev–Trinajstić information content (AvgIpc) is 3.68. The van der Waals surface area contributed by atoms with Gasteiger partial charge in [-0.15, -0.1) is 0 Å². The van der Waals surface area contributed by atoms with E-state index in [0.29, 0.717) is 0 Å². The molecule has 0 radical (unpaired) electrons. The van der Waals surface area contributed by atoms with Crippen LogP contribution in [0, 0.1) is 6.92 Å². The zero-order valence-electron chi connectivity index (χ0n) is 31.9. The molecular weight excluding hydrogens is 675 g/mol. The highest BCUT2D eigenvalue weighted by Gasteiger charge is 2.46. The molecule has 1 heteroatoms. The number of fused-ring (bicyclic) bond motifs is 10. The monoisotopic (exact) mass is 715 g/mol. The van der Waals surface area contributed by atoms with E-state index in [1.165, 1.54) is 88.4 Å². The topological polar surface area (TPSA) is 3.24 Å².